The Labute approximate surface area is 170 Å². The Morgan fingerprint density at radius 1 is 0.967 bits per heavy atom. The van der Waals surface area contributed by atoms with Gasteiger partial charge in [0.25, 0.3) is 5.56 Å². The minimum atomic E-state index is -3.62. The lowest BCUT2D eigenvalue weighted by atomic mass is 10.0. The molecule has 30 heavy (non-hydrogen) atoms. The molecule has 0 fully saturated rings. The van der Waals surface area contributed by atoms with Crippen LogP contribution in [0.3, 0.4) is 0 Å². The number of aromatic nitrogens is 1. The third-order valence-electron chi connectivity index (χ3n) is 4.21. The van der Waals surface area contributed by atoms with Gasteiger partial charge in [-0.2, -0.15) is 0 Å². The number of aryl methyl sites for hydroxylation is 1. The smallest absolute Gasteiger partial charge is 0.253 e. The van der Waals surface area contributed by atoms with E-state index in [1.54, 1.807) is 0 Å². The largest absolute Gasteiger partial charge is 0.454 e. The molecule has 1 heterocycles. The van der Waals surface area contributed by atoms with Gasteiger partial charge in [0.2, 0.25) is 10.0 Å². The molecule has 2 aromatic carbocycles. The highest BCUT2D eigenvalue weighted by Gasteiger charge is 2.17. The Balaban J connectivity index is 2.16. The van der Waals surface area contributed by atoms with Crippen LogP contribution in [-0.2, 0) is 17.1 Å². The summed E-state index contributed by atoms with van der Waals surface area (Å²) < 4.78 is 74.5. The number of anilines is 1. The summed E-state index contributed by atoms with van der Waals surface area (Å²) in [4.78, 5) is 11.7. The van der Waals surface area contributed by atoms with E-state index in [1.807, 2.05) is 0 Å². The van der Waals surface area contributed by atoms with E-state index in [0.29, 0.717) is 6.07 Å². The number of rotatable bonds is 6. The van der Waals surface area contributed by atoms with Gasteiger partial charge in [-0.3, -0.25) is 9.52 Å². The first-order chi connectivity index (χ1) is 14.1. The molecule has 0 saturated carbocycles. The van der Waals surface area contributed by atoms with Crippen molar-refractivity contribution in [3.05, 3.63) is 76.5 Å². The minimum Gasteiger partial charge on any atom is -0.454 e. The van der Waals surface area contributed by atoms with Gasteiger partial charge in [-0.05, 0) is 37.3 Å². The van der Waals surface area contributed by atoms with E-state index in [0.717, 1.165) is 22.8 Å². The fourth-order valence-electron chi connectivity index (χ4n) is 2.63. The van der Waals surface area contributed by atoms with E-state index in [-0.39, 0.29) is 34.1 Å². The van der Waals surface area contributed by atoms with Gasteiger partial charge in [0.05, 0.1) is 5.75 Å². The molecule has 3 aromatic rings. The van der Waals surface area contributed by atoms with Crippen molar-refractivity contribution >= 4 is 15.7 Å². The van der Waals surface area contributed by atoms with Crippen LogP contribution < -0.4 is 15.0 Å². The van der Waals surface area contributed by atoms with Crippen LogP contribution in [0.2, 0.25) is 0 Å². The first-order valence-electron chi connectivity index (χ1n) is 8.73. The maximum absolute atomic E-state index is 14.6. The van der Waals surface area contributed by atoms with Gasteiger partial charge in [0, 0.05) is 42.2 Å². The Morgan fingerprint density at radius 2 is 1.67 bits per heavy atom. The minimum absolute atomic E-state index is 0.0301. The normalized spacial score (nSPS) is 11.4. The Hall–Kier alpha value is -3.27. The number of nitrogens with zero attached hydrogens (tertiary/aromatic N) is 1. The maximum atomic E-state index is 14.6. The van der Waals surface area contributed by atoms with Crippen LogP contribution in [0.1, 0.15) is 6.92 Å². The standard InChI is InChI=1S/C20H17F3N2O4S/c1-3-30(27,28)24-13-5-7-18(29-19-6-4-12(21)8-17(19)23)14(9-13)15-11-25(2)20(26)10-16(15)22/h4-11,24H,3H2,1-2H3. The molecule has 6 nitrogen and oxygen atoms in total. The maximum Gasteiger partial charge on any atom is 0.253 e. The lowest BCUT2D eigenvalue weighted by Gasteiger charge is -2.15. The molecule has 0 unspecified atom stereocenters. The second-order valence-electron chi connectivity index (χ2n) is 6.38. The van der Waals surface area contributed by atoms with Crippen molar-refractivity contribution in [2.45, 2.75) is 6.92 Å². The van der Waals surface area contributed by atoms with Gasteiger partial charge in [-0.1, -0.05) is 0 Å². The molecular weight excluding hydrogens is 421 g/mol. The second kappa shape index (κ2) is 8.23. The van der Waals surface area contributed by atoms with Crippen molar-refractivity contribution in [1.29, 1.82) is 0 Å². The van der Waals surface area contributed by atoms with Crippen molar-refractivity contribution in [1.82, 2.24) is 4.57 Å². The SMILES string of the molecule is CCS(=O)(=O)Nc1ccc(Oc2ccc(F)cc2F)c(-c2cn(C)c(=O)cc2F)c1. The summed E-state index contributed by atoms with van der Waals surface area (Å²) in [5, 5.41) is 0. The highest BCUT2D eigenvalue weighted by atomic mass is 32.2. The molecule has 158 valence electrons. The monoisotopic (exact) mass is 438 g/mol. The van der Waals surface area contributed by atoms with Crippen molar-refractivity contribution < 1.29 is 26.3 Å². The zero-order chi connectivity index (χ0) is 22.1. The summed E-state index contributed by atoms with van der Waals surface area (Å²) in [6.45, 7) is 1.45. The topological polar surface area (TPSA) is 77.4 Å². The van der Waals surface area contributed by atoms with Crippen LogP contribution in [-0.4, -0.2) is 18.7 Å². The van der Waals surface area contributed by atoms with Crippen LogP contribution in [0.4, 0.5) is 18.9 Å². The summed E-state index contributed by atoms with van der Waals surface area (Å²) in [5.41, 5.74) is -0.492. The van der Waals surface area contributed by atoms with E-state index < -0.39 is 33.0 Å². The number of sulfonamides is 1. The Bertz CT molecular complexity index is 1270. The number of pyridine rings is 1. The zero-order valence-electron chi connectivity index (χ0n) is 15.9. The van der Waals surface area contributed by atoms with E-state index in [1.165, 1.54) is 38.4 Å². The number of hydrogen-bond acceptors (Lipinski definition) is 4. The lowest BCUT2D eigenvalue weighted by Crippen LogP contribution is -2.16. The van der Waals surface area contributed by atoms with Crippen molar-refractivity contribution in [3.8, 4) is 22.6 Å². The molecule has 3 rings (SSSR count). The lowest BCUT2D eigenvalue weighted by molar-refractivity contribution is 0.438. The molecule has 0 aliphatic carbocycles. The van der Waals surface area contributed by atoms with Gasteiger partial charge in [0.15, 0.2) is 11.6 Å². The third-order valence-corrected chi connectivity index (χ3v) is 5.52. The predicted molar refractivity (Wildman–Crippen MR) is 107 cm³/mol. The molecule has 0 atom stereocenters. The average molecular weight is 438 g/mol. The summed E-state index contributed by atoms with van der Waals surface area (Å²) in [7, 11) is -2.21. The fraction of sp³-hybridized carbons (Fsp3) is 0.150. The van der Waals surface area contributed by atoms with Crippen molar-refractivity contribution in [2.75, 3.05) is 10.5 Å². The number of ether oxygens (including phenoxy) is 1. The average Bonchev–Trinajstić information content (AvgIpc) is 2.68. The van der Waals surface area contributed by atoms with Gasteiger partial charge in [-0.15, -0.1) is 0 Å². The molecule has 0 saturated heterocycles. The van der Waals surface area contributed by atoms with Gasteiger partial charge in [0.1, 0.15) is 17.4 Å². The van der Waals surface area contributed by atoms with E-state index in [9.17, 15) is 26.4 Å². The van der Waals surface area contributed by atoms with E-state index in [4.69, 9.17) is 4.74 Å². The highest BCUT2D eigenvalue weighted by molar-refractivity contribution is 7.92. The number of hydrogen-bond donors (Lipinski definition) is 1. The number of nitrogens with one attached hydrogen (secondary N) is 1. The molecule has 0 radical (unpaired) electrons. The van der Waals surface area contributed by atoms with E-state index >= 15 is 0 Å². The molecule has 0 aliphatic rings. The first kappa shape index (κ1) is 21.4. The fourth-order valence-corrected chi connectivity index (χ4v) is 3.26. The Kier molecular flexibility index (Phi) is 5.88. The quantitative estimate of drug-likeness (QED) is 0.631. The molecular formula is C20H17F3N2O4S. The molecule has 1 N–H and O–H groups in total. The van der Waals surface area contributed by atoms with Crippen molar-refractivity contribution in [3.63, 3.8) is 0 Å². The number of benzene rings is 2. The zero-order valence-corrected chi connectivity index (χ0v) is 16.8. The van der Waals surface area contributed by atoms with Gasteiger partial charge >= 0.3 is 0 Å². The molecule has 0 spiro atoms. The summed E-state index contributed by atoms with van der Waals surface area (Å²) in [6.07, 6.45) is 1.21. The van der Waals surface area contributed by atoms with E-state index in [2.05, 4.69) is 4.72 Å². The molecule has 0 bridgehead atoms. The van der Waals surface area contributed by atoms with Crippen LogP contribution in [0.5, 0.6) is 11.5 Å². The predicted octanol–water partition coefficient (Wildman–Crippen LogP) is 4.02. The highest BCUT2D eigenvalue weighted by Crippen LogP contribution is 2.37. The molecule has 0 aliphatic heterocycles. The third kappa shape index (κ3) is 4.65. The molecule has 10 heteroatoms. The summed E-state index contributed by atoms with van der Waals surface area (Å²) in [6, 6.07) is 7.43. The first-order valence-corrected chi connectivity index (χ1v) is 10.4. The van der Waals surface area contributed by atoms with Gasteiger partial charge < -0.3 is 9.30 Å². The summed E-state index contributed by atoms with van der Waals surface area (Å²) >= 11 is 0. The number of halogens is 3. The molecule has 1 aromatic heterocycles. The van der Waals surface area contributed by atoms with Crippen LogP contribution >= 0.6 is 0 Å². The second-order valence-corrected chi connectivity index (χ2v) is 8.39. The molecule has 0 amide bonds. The Morgan fingerprint density at radius 3 is 2.33 bits per heavy atom. The van der Waals surface area contributed by atoms with Crippen LogP contribution in [0.25, 0.3) is 11.1 Å². The summed E-state index contributed by atoms with van der Waals surface area (Å²) in [5.74, 6) is -3.18. The van der Waals surface area contributed by atoms with Crippen LogP contribution in [0, 0.1) is 17.5 Å². The van der Waals surface area contributed by atoms with Crippen molar-refractivity contribution in [2.24, 2.45) is 7.05 Å². The van der Waals surface area contributed by atoms with Gasteiger partial charge in [-0.25, -0.2) is 21.6 Å². The van der Waals surface area contributed by atoms with Crippen LogP contribution in [0.15, 0.2) is 53.5 Å².